The first-order valence-corrected chi connectivity index (χ1v) is 24.7. The van der Waals surface area contributed by atoms with Crippen LogP contribution in [-0.4, -0.2) is 64.9 Å². The first kappa shape index (κ1) is 59.6. The van der Waals surface area contributed by atoms with E-state index in [1.807, 2.05) is 12.2 Å². The number of unbranched alkanes of at least 4 members (excludes halogenated alkanes) is 5. The maximum atomic E-state index is 12.3. The van der Waals surface area contributed by atoms with Crippen LogP contribution in [-0.2, 0) is 32.7 Å². The summed E-state index contributed by atoms with van der Waals surface area (Å²) in [5, 5.41) is 21.8. The summed E-state index contributed by atoms with van der Waals surface area (Å²) in [6, 6.07) is -1.59. The van der Waals surface area contributed by atoms with Gasteiger partial charge in [-0.15, -0.1) is 0 Å². The number of carbonyl (C=O) groups excluding carboxylic acids is 2. The lowest BCUT2D eigenvalue weighted by Crippen LogP contribution is -2.43. The van der Waals surface area contributed by atoms with E-state index < -0.39 is 57.6 Å². The number of carboxylic acid groups (broad SMARTS) is 1. The summed E-state index contributed by atoms with van der Waals surface area (Å²) in [6.45, 7) is 2.27. The van der Waals surface area contributed by atoms with E-state index in [1.165, 1.54) is 0 Å². The Morgan fingerprint density at radius 1 is 0.500 bits per heavy atom. The van der Waals surface area contributed by atoms with Gasteiger partial charge >= 0.3 is 19.8 Å². The number of carbonyl (C=O) groups is 3. The van der Waals surface area contributed by atoms with E-state index in [9.17, 15) is 34.1 Å². The summed E-state index contributed by atoms with van der Waals surface area (Å²) in [6.07, 6.45) is 62.0. The number of hydrogen-bond acceptors (Lipinski definition) is 8. The van der Waals surface area contributed by atoms with Crippen LogP contribution in [0.4, 0.5) is 0 Å². The highest BCUT2D eigenvalue weighted by Crippen LogP contribution is 2.43. The fourth-order valence-electron chi connectivity index (χ4n) is 5.41. The van der Waals surface area contributed by atoms with Gasteiger partial charge in [0, 0.05) is 12.8 Å². The number of aliphatic hydroxyl groups excluding tert-OH is 1. The van der Waals surface area contributed by atoms with Crippen LogP contribution in [0.3, 0.4) is 0 Å². The Morgan fingerprint density at radius 2 is 0.875 bits per heavy atom. The molecule has 0 aliphatic carbocycles. The second-order valence-electron chi connectivity index (χ2n) is 14.8. The maximum Gasteiger partial charge on any atom is 0.472 e. The van der Waals surface area contributed by atoms with Gasteiger partial charge in [-0.05, 0) is 103 Å². The smallest absolute Gasteiger partial charge is 0.472 e. The number of nitrogens with one attached hydrogen (secondary N) is 1. The Morgan fingerprint density at radius 3 is 1.30 bits per heavy atom. The van der Waals surface area contributed by atoms with Crippen molar-refractivity contribution in [1.82, 2.24) is 5.32 Å². The van der Waals surface area contributed by atoms with Crippen LogP contribution in [0.5, 0.6) is 0 Å². The SMILES string of the molecule is CC/C=C\C/C=C\C/C=C\C/C=C\C/C=C\C/C=C\CCCCCCC(=O)OCC(O)COP(=O)(O)OCC(NC(=O)CCC/C=C\C/C=C\C/C=C\C/C=C\C/C=C\CC)C(=O)O. The van der Waals surface area contributed by atoms with Gasteiger partial charge in [0.05, 0.1) is 13.2 Å². The lowest BCUT2D eigenvalue weighted by Gasteiger charge is -2.18. The number of rotatable bonds is 41. The van der Waals surface area contributed by atoms with E-state index >= 15 is 0 Å². The summed E-state index contributed by atoms with van der Waals surface area (Å²) >= 11 is 0. The van der Waals surface area contributed by atoms with E-state index in [-0.39, 0.29) is 12.8 Å². The number of aliphatic carboxylic acids is 1. The molecule has 0 aliphatic rings. The number of ether oxygens (including phenoxy) is 1. The van der Waals surface area contributed by atoms with Gasteiger partial charge in [0.15, 0.2) is 6.04 Å². The fraction of sp³-hybridized carbons (Fsp3) is 0.519. The summed E-state index contributed by atoms with van der Waals surface area (Å²) in [7, 11) is -4.79. The minimum absolute atomic E-state index is 0.0569. The molecule has 0 fully saturated rings. The molecule has 0 aromatic carbocycles. The fourth-order valence-corrected chi connectivity index (χ4v) is 6.18. The van der Waals surface area contributed by atoms with E-state index in [4.69, 9.17) is 13.8 Å². The van der Waals surface area contributed by atoms with Gasteiger partial charge in [0.1, 0.15) is 12.7 Å². The minimum Gasteiger partial charge on any atom is -0.480 e. The molecule has 4 N–H and O–H groups in total. The van der Waals surface area contributed by atoms with Crippen LogP contribution in [0.15, 0.2) is 134 Å². The van der Waals surface area contributed by atoms with Gasteiger partial charge < -0.3 is 25.2 Å². The predicted molar refractivity (Wildman–Crippen MR) is 262 cm³/mol. The summed E-state index contributed by atoms with van der Waals surface area (Å²) in [4.78, 5) is 46.0. The first-order chi connectivity index (χ1) is 31.1. The first-order valence-electron chi connectivity index (χ1n) is 23.2. The molecule has 3 atom stereocenters. The van der Waals surface area contributed by atoms with Crippen LogP contribution >= 0.6 is 7.82 Å². The third-order valence-corrected chi connectivity index (χ3v) is 9.89. The number of allylic oxidation sites excluding steroid dienone is 22. The third kappa shape index (κ3) is 44.2. The molecule has 0 radical (unpaired) electrons. The van der Waals surface area contributed by atoms with Crippen molar-refractivity contribution in [3.63, 3.8) is 0 Å². The van der Waals surface area contributed by atoms with Crippen molar-refractivity contribution >= 4 is 25.7 Å². The Hall–Kier alpha value is -4.38. The molecular weight excluding hydrogens is 830 g/mol. The molecule has 0 bridgehead atoms. The molecule has 0 spiro atoms. The topological polar surface area (TPSA) is 169 Å². The number of esters is 1. The average Bonchev–Trinajstić information content (AvgIpc) is 3.27. The molecule has 11 nitrogen and oxygen atoms in total. The second-order valence-corrected chi connectivity index (χ2v) is 16.3. The van der Waals surface area contributed by atoms with Crippen molar-refractivity contribution in [2.75, 3.05) is 19.8 Å². The highest BCUT2D eigenvalue weighted by molar-refractivity contribution is 7.47. The number of carboxylic acids is 1. The zero-order valence-electron chi connectivity index (χ0n) is 38.8. The average molecular weight is 910 g/mol. The largest absolute Gasteiger partial charge is 0.480 e. The molecule has 0 saturated carbocycles. The monoisotopic (exact) mass is 910 g/mol. The molecule has 3 unspecified atom stereocenters. The van der Waals surface area contributed by atoms with Gasteiger partial charge in [-0.2, -0.15) is 0 Å². The summed E-state index contributed by atoms with van der Waals surface area (Å²) in [5.41, 5.74) is 0. The molecule has 358 valence electrons. The van der Waals surface area contributed by atoms with E-state index in [2.05, 4.69) is 141 Å². The van der Waals surface area contributed by atoms with Crippen LogP contribution in [0.1, 0.15) is 142 Å². The van der Waals surface area contributed by atoms with Gasteiger partial charge in [0.2, 0.25) is 5.91 Å². The second kappa shape index (κ2) is 45.2. The number of aliphatic hydroxyl groups is 1. The Bertz CT molecular complexity index is 1580. The molecule has 64 heavy (non-hydrogen) atoms. The van der Waals surface area contributed by atoms with Gasteiger partial charge in [-0.3, -0.25) is 18.6 Å². The molecule has 0 saturated heterocycles. The molecule has 0 aliphatic heterocycles. The van der Waals surface area contributed by atoms with Gasteiger partial charge in [0.25, 0.3) is 0 Å². The zero-order chi connectivity index (χ0) is 47.0. The van der Waals surface area contributed by atoms with Crippen molar-refractivity contribution in [3.05, 3.63) is 134 Å². The predicted octanol–water partition coefficient (Wildman–Crippen LogP) is 12.6. The van der Waals surface area contributed by atoms with Crippen molar-refractivity contribution in [2.45, 2.75) is 154 Å². The van der Waals surface area contributed by atoms with Crippen LogP contribution in [0, 0.1) is 0 Å². The Labute approximate surface area is 385 Å². The van der Waals surface area contributed by atoms with Crippen molar-refractivity contribution < 1.29 is 47.8 Å². The van der Waals surface area contributed by atoms with E-state index in [0.29, 0.717) is 19.3 Å². The van der Waals surface area contributed by atoms with E-state index in [0.717, 1.165) is 96.3 Å². The van der Waals surface area contributed by atoms with E-state index in [1.54, 1.807) is 0 Å². The normalized spacial score (nSPS) is 14.8. The number of amides is 1. The van der Waals surface area contributed by atoms with Crippen LogP contribution in [0.25, 0.3) is 0 Å². The van der Waals surface area contributed by atoms with Gasteiger partial charge in [-0.25, -0.2) is 9.36 Å². The van der Waals surface area contributed by atoms with Crippen LogP contribution in [0.2, 0.25) is 0 Å². The maximum absolute atomic E-state index is 12.3. The molecule has 0 rings (SSSR count). The standard InChI is InChI=1S/C52H80NO10P/c1-3-5-7-9-11-13-15-17-19-21-22-23-24-25-26-28-30-32-34-36-38-40-42-44-51(56)61-45-48(54)46-62-64(59,60)63-47-49(52(57)58)53-50(55)43-41-39-37-35-33-31-29-27-20-18-16-14-12-10-8-6-4-2/h5-8,11-14,17-20,22-23,25-26,29-32,35,37,48-49,54H,3-4,9-10,15-16,21,24,27-28,33-34,36,38-47H2,1-2H3,(H,53,55)(H,57,58)(H,59,60)/b7-5-,8-6-,13-11-,14-12-,19-17-,20-18-,23-22-,26-25-,31-29-,32-30-,37-35-. The molecule has 12 heteroatoms. The Balaban J connectivity index is 4.02. The Kier molecular flexibility index (Phi) is 42.1. The molecular formula is C52H80NO10P. The van der Waals surface area contributed by atoms with Crippen LogP contribution < -0.4 is 5.32 Å². The highest BCUT2D eigenvalue weighted by atomic mass is 31.2. The van der Waals surface area contributed by atoms with Crippen molar-refractivity contribution in [3.8, 4) is 0 Å². The molecule has 1 amide bonds. The lowest BCUT2D eigenvalue weighted by atomic mass is 10.1. The number of phosphoric ester groups is 1. The molecule has 0 aromatic heterocycles. The molecule has 0 aromatic rings. The number of phosphoric acid groups is 1. The zero-order valence-corrected chi connectivity index (χ0v) is 39.7. The summed E-state index contributed by atoms with van der Waals surface area (Å²) < 4.78 is 26.8. The minimum atomic E-state index is -4.79. The quantitative estimate of drug-likeness (QED) is 0.0200. The molecule has 0 heterocycles. The highest BCUT2D eigenvalue weighted by Gasteiger charge is 2.28. The van der Waals surface area contributed by atoms with Gasteiger partial charge in [-0.1, -0.05) is 160 Å². The van der Waals surface area contributed by atoms with Crippen molar-refractivity contribution in [1.29, 1.82) is 0 Å². The summed E-state index contributed by atoms with van der Waals surface area (Å²) in [5.74, 6) is -2.50. The van der Waals surface area contributed by atoms with Crippen molar-refractivity contribution in [2.24, 2.45) is 0 Å². The lowest BCUT2D eigenvalue weighted by molar-refractivity contribution is -0.147. The third-order valence-electron chi connectivity index (χ3n) is 8.93. The number of hydrogen-bond donors (Lipinski definition) is 4.